The first-order chi connectivity index (χ1) is 10.1. The van der Waals surface area contributed by atoms with Crippen LogP contribution in [0.3, 0.4) is 0 Å². The highest BCUT2D eigenvalue weighted by Gasteiger charge is 2.20. The number of aromatic nitrogens is 2. The van der Waals surface area contributed by atoms with Gasteiger partial charge in [0.05, 0.1) is 6.54 Å². The van der Waals surface area contributed by atoms with Gasteiger partial charge >= 0.3 is 7.25 Å². The van der Waals surface area contributed by atoms with Crippen molar-refractivity contribution in [3.8, 4) is 5.69 Å². The van der Waals surface area contributed by atoms with E-state index in [1.54, 1.807) is 0 Å². The molecule has 2 nitrogen and oxygen atoms in total. The molecule has 0 aliphatic rings. The van der Waals surface area contributed by atoms with Crippen molar-refractivity contribution >= 4 is 7.25 Å². The molecular weight excluding hydrogens is 295 g/mol. The first-order valence-electron chi connectivity index (χ1n) is 7.14. The van der Waals surface area contributed by atoms with E-state index < -0.39 is 7.25 Å². The number of rotatable bonds is 3. The summed E-state index contributed by atoms with van der Waals surface area (Å²) in [5.74, 6) is 0. The fourth-order valence-corrected chi connectivity index (χ4v) is 2.50. The largest absolute Gasteiger partial charge is 0.673 e. The second-order valence-corrected chi connectivity index (χ2v) is 5.30. The summed E-state index contributed by atoms with van der Waals surface area (Å²) in [7, 11) is -6.00. The van der Waals surface area contributed by atoms with Gasteiger partial charge in [0.25, 0.3) is 0 Å². The van der Waals surface area contributed by atoms with Gasteiger partial charge in [0.2, 0.25) is 6.33 Å². The highest BCUT2D eigenvalue weighted by molar-refractivity contribution is 6.50. The van der Waals surface area contributed by atoms with Gasteiger partial charge in [-0.3, -0.25) is 0 Å². The van der Waals surface area contributed by atoms with Crippen LogP contribution in [-0.4, -0.2) is 11.8 Å². The lowest BCUT2D eigenvalue weighted by molar-refractivity contribution is -0.596. The Hall–Kier alpha value is -1.79. The van der Waals surface area contributed by atoms with Crippen LogP contribution in [0.25, 0.3) is 5.69 Å². The van der Waals surface area contributed by atoms with E-state index in [1.165, 1.54) is 28.8 Å². The molecule has 0 atom stereocenters. The third kappa shape index (κ3) is 5.91. The predicted molar refractivity (Wildman–Crippen MR) is 80.7 cm³/mol. The summed E-state index contributed by atoms with van der Waals surface area (Å²) in [4.78, 5) is 0. The predicted octanol–water partition coefficient (Wildman–Crippen LogP) is 4.40. The molecule has 0 saturated heterocycles. The van der Waals surface area contributed by atoms with Gasteiger partial charge in [0.1, 0.15) is 18.1 Å². The van der Waals surface area contributed by atoms with E-state index in [4.69, 9.17) is 0 Å². The van der Waals surface area contributed by atoms with Gasteiger partial charge in [-0.15, -0.1) is 0 Å². The zero-order valence-electron chi connectivity index (χ0n) is 13.3. The summed E-state index contributed by atoms with van der Waals surface area (Å²) in [5.41, 5.74) is 5.31. The van der Waals surface area contributed by atoms with Crippen molar-refractivity contribution in [3.05, 3.63) is 47.5 Å². The minimum atomic E-state index is -6.00. The molecule has 0 fully saturated rings. The van der Waals surface area contributed by atoms with Crippen LogP contribution in [0.2, 0.25) is 0 Å². The standard InChI is InChI=1S/C15H21N2.BF4/c1-5-6-16-7-8-17(11-16)15-13(3)9-12(2)10-14(15)4;2-1(3,4)5/h7-11H,5-6H2,1-4H3;/q+1;-1. The molecule has 122 valence electrons. The quantitative estimate of drug-likeness (QED) is 0.451. The number of halogens is 4. The Labute approximate surface area is 128 Å². The lowest BCUT2D eigenvalue weighted by Crippen LogP contribution is -2.30. The van der Waals surface area contributed by atoms with E-state index >= 15 is 0 Å². The maximum absolute atomic E-state index is 9.75. The van der Waals surface area contributed by atoms with E-state index in [0.29, 0.717) is 0 Å². The molecule has 0 spiro atoms. The third-order valence-corrected chi connectivity index (χ3v) is 3.07. The van der Waals surface area contributed by atoms with Gasteiger partial charge in [-0.05, 0) is 38.3 Å². The monoisotopic (exact) mass is 316 g/mol. The number of aryl methyl sites for hydroxylation is 4. The smallest absolute Gasteiger partial charge is 0.418 e. The average molecular weight is 316 g/mol. The molecule has 0 unspecified atom stereocenters. The molecule has 0 bridgehead atoms. The Morgan fingerprint density at radius 2 is 1.55 bits per heavy atom. The van der Waals surface area contributed by atoms with E-state index in [-0.39, 0.29) is 0 Å². The third-order valence-electron chi connectivity index (χ3n) is 3.07. The summed E-state index contributed by atoms with van der Waals surface area (Å²) in [6.07, 6.45) is 7.62. The number of benzene rings is 1. The fourth-order valence-electron chi connectivity index (χ4n) is 2.50. The molecule has 1 aromatic carbocycles. The molecule has 0 amide bonds. The fraction of sp³-hybridized carbons (Fsp3) is 0.400. The van der Waals surface area contributed by atoms with Crippen molar-refractivity contribution in [2.24, 2.45) is 0 Å². The SMILES string of the molecule is CCCn1cc[n+](-c2c(C)cc(C)cc2C)c1.F[B-](F)(F)F. The van der Waals surface area contributed by atoms with Crippen LogP contribution in [0.1, 0.15) is 30.0 Å². The van der Waals surface area contributed by atoms with Gasteiger partial charge in [-0.1, -0.05) is 24.6 Å². The van der Waals surface area contributed by atoms with Crippen molar-refractivity contribution in [3.63, 3.8) is 0 Å². The lowest BCUT2D eigenvalue weighted by atomic mass is 10.1. The zero-order chi connectivity index (χ0) is 16.9. The van der Waals surface area contributed by atoms with Crippen molar-refractivity contribution in [2.45, 2.75) is 40.7 Å². The summed E-state index contributed by atoms with van der Waals surface area (Å²) >= 11 is 0. The number of hydrogen-bond acceptors (Lipinski definition) is 0. The van der Waals surface area contributed by atoms with Crippen LogP contribution in [0.15, 0.2) is 30.9 Å². The summed E-state index contributed by atoms with van der Waals surface area (Å²) in [5, 5.41) is 0. The normalized spacial score (nSPS) is 11.1. The molecule has 0 N–H and O–H groups in total. The maximum atomic E-state index is 9.75. The highest BCUT2D eigenvalue weighted by Crippen LogP contribution is 2.16. The minimum Gasteiger partial charge on any atom is -0.418 e. The molecular formula is C15H21BF4N2. The molecule has 0 saturated carbocycles. The number of imidazole rings is 1. The second kappa shape index (κ2) is 7.47. The molecule has 0 aliphatic carbocycles. The van der Waals surface area contributed by atoms with Crippen molar-refractivity contribution in [1.29, 1.82) is 0 Å². The Morgan fingerprint density at radius 3 is 2.00 bits per heavy atom. The molecule has 0 radical (unpaired) electrons. The molecule has 2 aromatic rings. The molecule has 7 heteroatoms. The van der Waals surface area contributed by atoms with Crippen LogP contribution >= 0.6 is 0 Å². The minimum absolute atomic E-state index is 1.08. The Balaban J connectivity index is 0.000000422. The second-order valence-electron chi connectivity index (χ2n) is 5.30. The highest BCUT2D eigenvalue weighted by atomic mass is 19.5. The summed E-state index contributed by atoms with van der Waals surface area (Å²) < 4.78 is 43.5. The first kappa shape index (κ1) is 18.3. The van der Waals surface area contributed by atoms with Gasteiger partial charge < -0.3 is 17.3 Å². The van der Waals surface area contributed by atoms with Gasteiger partial charge in [0, 0.05) is 0 Å². The van der Waals surface area contributed by atoms with Crippen LogP contribution in [0, 0.1) is 20.8 Å². The molecule has 0 aliphatic heterocycles. The van der Waals surface area contributed by atoms with Crippen molar-refractivity contribution in [2.75, 3.05) is 0 Å². The molecule has 22 heavy (non-hydrogen) atoms. The zero-order valence-corrected chi connectivity index (χ0v) is 13.3. The Morgan fingerprint density at radius 1 is 1.05 bits per heavy atom. The maximum Gasteiger partial charge on any atom is 0.673 e. The van der Waals surface area contributed by atoms with E-state index in [0.717, 1.165) is 6.54 Å². The lowest BCUT2D eigenvalue weighted by Gasteiger charge is -2.06. The first-order valence-corrected chi connectivity index (χ1v) is 7.14. The van der Waals surface area contributed by atoms with Crippen LogP contribution < -0.4 is 4.57 Å². The topological polar surface area (TPSA) is 8.81 Å². The van der Waals surface area contributed by atoms with E-state index in [9.17, 15) is 17.3 Å². The molecule has 1 heterocycles. The van der Waals surface area contributed by atoms with E-state index in [2.05, 4.69) is 67.7 Å². The number of hydrogen-bond donors (Lipinski definition) is 0. The van der Waals surface area contributed by atoms with Crippen molar-refractivity contribution < 1.29 is 21.8 Å². The summed E-state index contributed by atoms with van der Waals surface area (Å²) in [6, 6.07) is 4.49. The van der Waals surface area contributed by atoms with Crippen LogP contribution in [0.4, 0.5) is 17.3 Å². The Bertz CT molecular complexity index is 591. The number of nitrogens with zero attached hydrogens (tertiary/aromatic N) is 2. The van der Waals surface area contributed by atoms with Crippen LogP contribution in [-0.2, 0) is 6.54 Å². The van der Waals surface area contributed by atoms with Gasteiger partial charge in [-0.25, -0.2) is 9.13 Å². The average Bonchev–Trinajstić information content (AvgIpc) is 2.74. The molecule has 1 aromatic heterocycles. The summed E-state index contributed by atoms with van der Waals surface area (Å²) in [6.45, 7) is 9.79. The van der Waals surface area contributed by atoms with E-state index in [1.807, 2.05) is 0 Å². The van der Waals surface area contributed by atoms with Gasteiger partial charge in [-0.2, -0.15) is 0 Å². The molecule has 2 rings (SSSR count). The van der Waals surface area contributed by atoms with Crippen LogP contribution in [0.5, 0.6) is 0 Å². The van der Waals surface area contributed by atoms with Crippen molar-refractivity contribution in [1.82, 2.24) is 4.57 Å². The Kier molecular flexibility index (Phi) is 6.20. The van der Waals surface area contributed by atoms with Gasteiger partial charge in [0.15, 0.2) is 0 Å².